The van der Waals surface area contributed by atoms with Crippen LogP contribution in [0.15, 0.2) is 30.5 Å². The summed E-state index contributed by atoms with van der Waals surface area (Å²) in [6, 6.07) is 6.39. The summed E-state index contributed by atoms with van der Waals surface area (Å²) in [4.78, 5) is 30.9. The number of nitrogens with zero attached hydrogens (tertiary/aromatic N) is 2. The molecule has 3 rings (SSSR count). The van der Waals surface area contributed by atoms with E-state index in [1.54, 1.807) is 29.9 Å². The van der Waals surface area contributed by atoms with E-state index >= 15 is 0 Å². The lowest BCUT2D eigenvalue weighted by Gasteiger charge is -2.18. The number of esters is 1. The summed E-state index contributed by atoms with van der Waals surface area (Å²) < 4.78 is 7.15. The maximum absolute atomic E-state index is 12.2. The number of hydrogen-bond donors (Lipinski definition) is 2. The fourth-order valence-electron chi connectivity index (χ4n) is 2.51. The van der Waals surface area contributed by atoms with Gasteiger partial charge in [-0.15, -0.1) is 0 Å². The molecule has 0 aliphatic rings. The third kappa shape index (κ3) is 3.40. The van der Waals surface area contributed by atoms with Crippen LogP contribution in [0.2, 0.25) is 0 Å². The van der Waals surface area contributed by atoms with Crippen molar-refractivity contribution in [3.63, 3.8) is 0 Å². The van der Waals surface area contributed by atoms with E-state index < -0.39 is 17.5 Å². The highest BCUT2D eigenvalue weighted by molar-refractivity contribution is 5.93. The van der Waals surface area contributed by atoms with E-state index in [1.165, 1.54) is 12.1 Å². The highest BCUT2D eigenvalue weighted by atomic mass is 16.6. The van der Waals surface area contributed by atoms with Crippen LogP contribution in [0.3, 0.4) is 0 Å². The lowest BCUT2D eigenvalue weighted by Crippen LogP contribution is -2.23. The third-order valence-electron chi connectivity index (χ3n) is 3.61. The van der Waals surface area contributed by atoms with Crippen molar-refractivity contribution >= 4 is 23.0 Å². The SMILES string of the molecule is Cn1cc(C(=O)OC(C)(C)C)cc1-c1nc2ccc(C(=O)O)cc2[nH]1. The Labute approximate surface area is 144 Å². The normalized spacial score (nSPS) is 11.7. The smallest absolute Gasteiger partial charge is 0.340 e. The number of fused-ring (bicyclic) bond motifs is 1. The minimum Gasteiger partial charge on any atom is -0.478 e. The zero-order valence-electron chi connectivity index (χ0n) is 14.5. The van der Waals surface area contributed by atoms with E-state index in [4.69, 9.17) is 9.84 Å². The maximum atomic E-state index is 12.2. The van der Waals surface area contributed by atoms with Gasteiger partial charge in [-0.2, -0.15) is 0 Å². The van der Waals surface area contributed by atoms with Crippen molar-refractivity contribution in [3.8, 4) is 11.5 Å². The maximum Gasteiger partial charge on any atom is 0.340 e. The molecule has 0 bridgehead atoms. The molecular formula is C18H19N3O4. The van der Waals surface area contributed by atoms with E-state index in [0.717, 1.165) is 0 Å². The monoisotopic (exact) mass is 341 g/mol. The van der Waals surface area contributed by atoms with Gasteiger partial charge in [-0.3, -0.25) is 0 Å². The van der Waals surface area contributed by atoms with E-state index in [-0.39, 0.29) is 5.56 Å². The molecule has 0 fully saturated rings. The van der Waals surface area contributed by atoms with E-state index in [2.05, 4.69) is 9.97 Å². The lowest BCUT2D eigenvalue weighted by atomic mass is 10.2. The number of hydrogen-bond acceptors (Lipinski definition) is 4. The van der Waals surface area contributed by atoms with Crippen molar-refractivity contribution < 1.29 is 19.4 Å². The van der Waals surface area contributed by atoms with Gasteiger partial charge in [0.25, 0.3) is 0 Å². The Balaban J connectivity index is 1.98. The molecule has 0 saturated carbocycles. The molecule has 1 aromatic carbocycles. The first kappa shape index (κ1) is 16.8. The van der Waals surface area contributed by atoms with Gasteiger partial charge >= 0.3 is 11.9 Å². The van der Waals surface area contributed by atoms with Crippen LogP contribution in [-0.4, -0.2) is 37.2 Å². The second-order valence-corrected chi connectivity index (χ2v) is 6.85. The van der Waals surface area contributed by atoms with E-state index in [1.807, 2.05) is 20.8 Å². The van der Waals surface area contributed by atoms with Crippen LogP contribution in [0.25, 0.3) is 22.6 Å². The number of carboxylic acids is 1. The number of carbonyl (C=O) groups excluding carboxylic acids is 1. The minimum atomic E-state index is -0.996. The number of H-pyrrole nitrogens is 1. The molecule has 2 heterocycles. The van der Waals surface area contributed by atoms with Crippen LogP contribution >= 0.6 is 0 Å². The van der Waals surface area contributed by atoms with E-state index in [0.29, 0.717) is 28.1 Å². The fourth-order valence-corrected chi connectivity index (χ4v) is 2.51. The average Bonchev–Trinajstić information content (AvgIpc) is 3.07. The Bertz CT molecular complexity index is 976. The van der Waals surface area contributed by atoms with Gasteiger partial charge in [0.15, 0.2) is 5.82 Å². The lowest BCUT2D eigenvalue weighted by molar-refractivity contribution is 0.00693. The fraction of sp³-hybridized carbons (Fsp3) is 0.278. The van der Waals surface area contributed by atoms with Gasteiger partial charge in [0, 0.05) is 13.2 Å². The Kier molecular flexibility index (Phi) is 3.87. The Morgan fingerprint density at radius 1 is 1.20 bits per heavy atom. The third-order valence-corrected chi connectivity index (χ3v) is 3.61. The first-order chi connectivity index (χ1) is 11.6. The van der Waals surface area contributed by atoms with Gasteiger partial charge in [0.1, 0.15) is 5.60 Å². The van der Waals surface area contributed by atoms with Crippen molar-refractivity contribution in [1.29, 1.82) is 0 Å². The number of ether oxygens (including phenoxy) is 1. The average molecular weight is 341 g/mol. The van der Waals surface area contributed by atoms with E-state index in [9.17, 15) is 9.59 Å². The summed E-state index contributed by atoms with van der Waals surface area (Å²) >= 11 is 0. The molecule has 0 amide bonds. The number of aromatic carboxylic acids is 1. The molecule has 0 atom stereocenters. The number of benzene rings is 1. The molecule has 0 radical (unpaired) electrons. The highest BCUT2D eigenvalue weighted by Crippen LogP contribution is 2.24. The summed E-state index contributed by atoms with van der Waals surface area (Å²) in [5.74, 6) is -0.849. The van der Waals surface area contributed by atoms with Crippen LogP contribution in [0, 0.1) is 0 Å². The molecular weight excluding hydrogens is 322 g/mol. The number of imidazole rings is 1. The standard InChI is InChI=1S/C18H19N3O4/c1-18(2,3)25-17(24)11-8-14(21(4)9-11)15-19-12-6-5-10(16(22)23)7-13(12)20-15/h5-9H,1-4H3,(H,19,20)(H,22,23). The highest BCUT2D eigenvalue weighted by Gasteiger charge is 2.21. The number of aromatic nitrogens is 3. The summed E-state index contributed by atoms with van der Waals surface area (Å²) in [5, 5.41) is 9.08. The predicted octanol–water partition coefficient (Wildman–Crippen LogP) is 3.22. The summed E-state index contributed by atoms with van der Waals surface area (Å²) in [6.07, 6.45) is 1.68. The van der Waals surface area contributed by atoms with Gasteiger partial charge in [0.05, 0.1) is 27.9 Å². The zero-order valence-corrected chi connectivity index (χ0v) is 14.5. The summed E-state index contributed by atoms with van der Waals surface area (Å²) in [5.41, 5.74) is 2.02. The van der Waals surface area contributed by atoms with Gasteiger partial charge in [-0.25, -0.2) is 14.6 Å². The zero-order chi connectivity index (χ0) is 18.4. The number of aromatic amines is 1. The van der Waals surface area contributed by atoms with Crippen molar-refractivity contribution in [2.45, 2.75) is 26.4 Å². The van der Waals surface area contributed by atoms with Gasteiger partial charge < -0.3 is 19.4 Å². The number of carboxylic acid groups (broad SMARTS) is 1. The number of rotatable bonds is 3. The minimum absolute atomic E-state index is 0.184. The molecule has 7 heteroatoms. The molecule has 130 valence electrons. The topological polar surface area (TPSA) is 97.2 Å². The second kappa shape index (κ2) is 5.77. The second-order valence-electron chi connectivity index (χ2n) is 6.85. The van der Waals surface area contributed by atoms with Crippen molar-refractivity contribution in [1.82, 2.24) is 14.5 Å². The predicted molar refractivity (Wildman–Crippen MR) is 92.6 cm³/mol. The van der Waals surface area contributed by atoms with Crippen LogP contribution in [0.4, 0.5) is 0 Å². The Morgan fingerprint density at radius 3 is 2.56 bits per heavy atom. The van der Waals surface area contributed by atoms with Crippen LogP contribution in [0.5, 0.6) is 0 Å². The number of carbonyl (C=O) groups is 2. The largest absolute Gasteiger partial charge is 0.478 e. The molecule has 7 nitrogen and oxygen atoms in total. The Morgan fingerprint density at radius 2 is 1.92 bits per heavy atom. The number of aryl methyl sites for hydroxylation is 1. The molecule has 0 saturated heterocycles. The molecule has 2 N–H and O–H groups in total. The number of nitrogens with one attached hydrogen (secondary N) is 1. The summed E-state index contributed by atoms with van der Waals surface area (Å²) in [6.45, 7) is 5.44. The first-order valence-electron chi connectivity index (χ1n) is 7.77. The van der Waals surface area contributed by atoms with Gasteiger partial charge in [-0.1, -0.05) is 0 Å². The molecule has 0 aliphatic carbocycles. The Hall–Kier alpha value is -3.09. The van der Waals surface area contributed by atoms with Gasteiger partial charge in [-0.05, 0) is 45.0 Å². The molecule has 25 heavy (non-hydrogen) atoms. The van der Waals surface area contributed by atoms with Crippen molar-refractivity contribution in [3.05, 3.63) is 41.6 Å². The molecule has 2 aromatic heterocycles. The van der Waals surface area contributed by atoms with Gasteiger partial charge in [0.2, 0.25) is 0 Å². The molecule has 0 spiro atoms. The molecule has 0 unspecified atom stereocenters. The van der Waals surface area contributed by atoms with Crippen LogP contribution in [0.1, 0.15) is 41.5 Å². The van der Waals surface area contributed by atoms with Crippen LogP contribution in [-0.2, 0) is 11.8 Å². The quantitative estimate of drug-likeness (QED) is 0.713. The molecule has 0 aliphatic heterocycles. The van der Waals surface area contributed by atoms with Crippen molar-refractivity contribution in [2.24, 2.45) is 7.05 Å². The van der Waals surface area contributed by atoms with Crippen molar-refractivity contribution in [2.75, 3.05) is 0 Å². The first-order valence-corrected chi connectivity index (χ1v) is 7.77. The summed E-state index contributed by atoms with van der Waals surface area (Å²) in [7, 11) is 1.80. The van der Waals surface area contributed by atoms with Crippen LogP contribution < -0.4 is 0 Å². The molecule has 3 aromatic rings.